The van der Waals surface area contributed by atoms with Gasteiger partial charge in [-0.15, -0.1) is 0 Å². The molecule has 1 aromatic carbocycles. The molecule has 20 heavy (non-hydrogen) atoms. The molecule has 1 N–H and O–H groups in total. The Morgan fingerprint density at radius 1 is 1.40 bits per heavy atom. The maximum Gasteiger partial charge on any atom is 0.140 e. The lowest BCUT2D eigenvalue weighted by Crippen LogP contribution is -2.01. The Balaban J connectivity index is 2.16. The first-order chi connectivity index (χ1) is 9.60. The summed E-state index contributed by atoms with van der Waals surface area (Å²) in [7, 11) is 0. The Morgan fingerprint density at radius 2 is 2.20 bits per heavy atom. The number of ether oxygens (including phenoxy) is 1. The van der Waals surface area contributed by atoms with Crippen molar-refractivity contribution >= 4 is 15.9 Å². The summed E-state index contributed by atoms with van der Waals surface area (Å²) in [5.74, 6) is 0.624. The molecule has 2 rings (SSSR count). The highest BCUT2D eigenvalue weighted by atomic mass is 79.9. The van der Waals surface area contributed by atoms with E-state index in [9.17, 15) is 5.11 Å². The van der Waals surface area contributed by atoms with Crippen LogP contribution in [0.4, 0.5) is 0 Å². The lowest BCUT2D eigenvalue weighted by Gasteiger charge is -2.14. The maximum absolute atomic E-state index is 9.75. The molecule has 0 fully saturated rings. The van der Waals surface area contributed by atoms with E-state index in [0.29, 0.717) is 23.6 Å². The standard InChI is InChI=1S/C15H13BrN2O2/c1-10(19)14-7-12(16)2-3-15(14)20-9-11-4-5-18-13(6-11)8-17/h2-7,10,19H,9H2,1H3/t10-/m0/s1. The largest absolute Gasteiger partial charge is 0.489 e. The molecule has 0 saturated carbocycles. The van der Waals surface area contributed by atoms with Crippen molar-refractivity contribution in [3.63, 3.8) is 0 Å². The summed E-state index contributed by atoms with van der Waals surface area (Å²) in [5, 5.41) is 18.6. The molecule has 2 aromatic rings. The van der Waals surface area contributed by atoms with Crippen LogP contribution in [0, 0.1) is 11.3 Å². The molecule has 0 radical (unpaired) electrons. The van der Waals surface area contributed by atoms with Crippen LogP contribution in [0.5, 0.6) is 5.75 Å². The third-order valence-electron chi connectivity index (χ3n) is 2.76. The van der Waals surface area contributed by atoms with Crippen LogP contribution in [-0.2, 0) is 6.61 Å². The first kappa shape index (κ1) is 14.5. The van der Waals surface area contributed by atoms with E-state index in [0.717, 1.165) is 10.0 Å². The number of benzene rings is 1. The van der Waals surface area contributed by atoms with Crippen LogP contribution in [-0.4, -0.2) is 10.1 Å². The average molecular weight is 333 g/mol. The predicted octanol–water partition coefficient (Wildman–Crippen LogP) is 3.35. The Bertz CT molecular complexity index is 651. The molecule has 0 spiro atoms. The molecule has 0 unspecified atom stereocenters. The third kappa shape index (κ3) is 3.56. The molecule has 4 nitrogen and oxygen atoms in total. The molecule has 0 amide bonds. The number of halogens is 1. The second-order valence-electron chi connectivity index (χ2n) is 4.31. The minimum absolute atomic E-state index is 0.318. The summed E-state index contributed by atoms with van der Waals surface area (Å²) < 4.78 is 6.61. The highest BCUT2D eigenvalue weighted by molar-refractivity contribution is 9.10. The number of aromatic nitrogens is 1. The zero-order valence-electron chi connectivity index (χ0n) is 10.9. The van der Waals surface area contributed by atoms with E-state index in [4.69, 9.17) is 10.00 Å². The fraction of sp³-hybridized carbons (Fsp3) is 0.200. The number of pyridine rings is 1. The number of hydrogen-bond acceptors (Lipinski definition) is 4. The van der Waals surface area contributed by atoms with Crippen LogP contribution in [0.3, 0.4) is 0 Å². The third-order valence-corrected chi connectivity index (χ3v) is 3.25. The van der Waals surface area contributed by atoms with Crippen molar-refractivity contribution in [3.05, 3.63) is 57.8 Å². The molecule has 5 heteroatoms. The SMILES string of the molecule is C[C@H](O)c1cc(Br)ccc1OCc1ccnc(C#N)c1. The maximum atomic E-state index is 9.75. The minimum atomic E-state index is -0.616. The van der Waals surface area contributed by atoms with Gasteiger partial charge in [-0.05, 0) is 42.8 Å². The zero-order chi connectivity index (χ0) is 14.5. The summed E-state index contributed by atoms with van der Waals surface area (Å²) in [6, 6.07) is 11.0. The van der Waals surface area contributed by atoms with Gasteiger partial charge in [0.2, 0.25) is 0 Å². The summed E-state index contributed by atoms with van der Waals surface area (Å²) in [6.45, 7) is 2.01. The lowest BCUT2D eigenvalue weighted by molar-refractivity contribution is 0.190. The van der Waals surface area contributed by atoms with Crippen molar-refractivity contribution < 1.29 is 9.84 Å². The van der Waals surface area contributed by atoms with Crippen molar-refractivity contribution in [2.75, 3.05) is 0 Å². The predicted molar refractivity (Wildman–Crippen MR) is 78.1 cm³/mol. The molecule has 1 heterocycles. The summed E-state index contributed by atoms with van der Waals surface area (Å²) in [6.07, 6.45) is 0.962. The van der Waals surface area contributed by atoms with E-state index < -0.39 is 6.10 Å². The molecule has 0 aliphatic heterocycles. The Hall–Kier alpha value is -1.90. The van der Waals surface area contributed by atoms with E-state index >= 15 is 0 Å². The molecule has 0 aliphatic rings. The number of aliphatic hydroxyl groups is 1. The van der Waals surface area contributed by atoms with Gasteiger partial charge in [-0.3, -0.25) is 0 Å². The van der Waals surface area contributed by atoms with Crippen LogP contribution in [0.15, 0.2) is 41.0 Å². The van der Waals surface area contributed by atoms with Crippen LogP contribution >= 0.6 is 15.9 Å². The quantitative estimate of drug-likeness (QED) is 0.932. The first-order valence-electron chi connectivity index (χ1n) is 6.05. The minimum Gasteiger partial charge on any atom is -0.489 e. The van der Waals surface area contributed by atoms with Crippen molar-refractivity contribution in [1.82, 2.24) is 4.98 Å². The fourth-order valence-corrected chi connectivity index (χ4v) is 2.14. The smallest absolute Gasteiger partial charge is 0.140 e. The molecular formula is C15H13BrN2O2. The summed E-state index contributed by atoms with van der Waals surface area (Å²) >= 11 is 3.37. The molecular weight excluding hydrogens is 320 g/mol. The Morgan fingerprint density at radius 3 is 2.90 bits per heavy atom. The molecule has 0 aliphatic carbocycles. The van der Waals surface area contributed by atoms with Gasteiger partial charge in [0, 0.05) is 16.2 Å². The number of aliphatic hydroxyl groups excluding tert-OH is 1. The van der Waals surface area contributed by atoms with E-state index in [-0.39, 0.29) is 0 Å². The Kier molecular flexibility index (Phi) is 4.72. The van der Waals surface area contributed by atoms with E-state index in [2.05, 4.69) is 20.9 Å². The van der Waals surface area contributed by atoms with Crippen LogP contribution < -0.4 is 4.74 Å². The van der Waals surface area contributed by atoms with Crippen LogP contribution in [0.25, 0.3) is 0 Å². The summed E-state index contributed by atoms with van der Waals surface area (Å²) in [4.78, 5) is 3.91. The Labute approximate surface area is 125 Å². The van der Waals surface area contributed by atoms with Gasteiger partial charge in [0.15, 0.2) is 0 Å². The monoisotopic (exact) mass is 332 g/mol. The molecule has 0 saturated heterocycles. The van der Waals surface area contributed by atoms with Crippen molar-refractivity contribution in [2.45, 2.75) is 19.6 Å². The normalized spacial score (nSPS) is 11.7. The average Bonchev–Trinajstić information content (AvgIpc) is 2.46. The van der Waals surface area contributed by atoms with Gasteiger partial charge in [-0.1, -0.05) is 15.9 Å². The van der Waals surface area contributed by atoms with Gasteiger partial charge >= 0.3 is 0 Å². The van der Waals surface area contributed by atoms with Gasteiger partial charge < -0.3 is 9.84 Å². The van der Waals surface area contributed by atoms with Gasteiger partial charge in [-0.2, -0.15) is 5.26 Å². The zero-order valence-corrected chi connectivity index (χ0v) is 12.5. The van der Waals surface area contributed by atoms with Crippen LogP contribution in [0.2, 0.25) is 0 Å². The second kappa shape index (κ2) is 6.51. The highest BCUT2D eigenvalue weighted by Crippen LogP contribution is 2.29. The lowest BCUT2D eigenvalue weighted by atomic mass is 10.1. The molecule has 1 aromatic heterocycles. The fourth-order valence-electron chi connectivity index (χ4n) is 1.76. The number of nitrogens with zero attached hydrogens (tertiary/aromatic N) is 2. The number of rotatable bonds is 4. The molecule has 0 bridgehead atoms. The van der Waals surface area contributed by atoms with Crippen molar-refractivity contribution in [3.8, 4) is 11.8 Å². The second-order valence-corrected chi connectivity index (χ2v) is 5.22. The number of nitriles is 1. The molecule has 1 atom stereocenters. The van der Waals surface area contributed by atoms with Gasteiger partial charge in [0.05, 0.1) is 6.10 Å². The number of hydrogen-bond donors (Lipinski definition) is 1. The topological polar surface area (TPSA) is 66.1 Å². The van der Waals surface area contributed by atoms with E-state index in [1.807, 2.05) is 18.2 Å². The van der Waals surface area contributed by atoms with E-state index in [1.165, 1.54) is 0 Å². The summed E-state index contributed by atoms with van der Waals surface area (Å²) in [5.41, 5.74) is 1.93. The van der Waals surface area contributed by atoms with Gasteiger partial charge in [-0.25, -0.2) is 4.98 Å². The van der Waals surface area contributed by atoms with Crippen molar-refractivity contribution in [2.24, 2.45) is 0 Å². The molecule has 102 valence electrons. The van der Waals surface area contributed by atoms with E-state index in [1.54, 1.807) is 31.3 Å². The van der Waals surface area contributed by atoms with Gasteiger partial charge in [0.25, 0.3) is 0 Å². The van der Waals surface area contributed by atoms with Crippen LogP contribution in [0.1, 0.15) is 29.8 Å². The van der Waals surface area contributed by atoms with Crippen molar-refractivity contribution in [1.29, 1.82) is 5.26 Å². The van der Waals surface area contributed by atoms with Gasteiger partial charge in [0.1, 0.15) is 24.1 Å². The first-order valence-corrected chi connectivity index (χ1v) is 6.85. The highest BCUT2D eigenvalue weighted by Gasteiger charge is 2.10.